The van der Waals surface area contributed by atoms with E-state index in [0.29, 0.717) is 12.2 Å². The minimum atomic E-state index is 0.0506. The number of rotatable bonds is 7. The first kappa shape index (κ1) is 18.9. The Morgan fingerprint density at radius 1 is 1.19 bits per heavy atom. The number of hydrogen-bond acceptors (Lipinski definition) is 4. The van der Waals surface area contributed by atoms with Crippen LogP contribution in [0.4, 0.5) is 0 Å². The Morgan fingerprint density at radius 2 is 1.85 bits per heavy atom. The zero-order chi connectivity index (χ0) is 19.1. The van der Waals surface area contributed by atoms with Gasteiger partial charge in [-0.25, -0.2) is 0 Å². The van der Waals surface area contributed by atoms with Gasteiger partial charge < -0.3 is 15.0 Å². The van der Waals surface area contributed by atoms with Gasteiger partial charge in [0.1, 0.15) is 5.75 Å². The Hall–Kier alpha value is -2.84. The number of hydrogen-bond donors (Lipinski definition) is 1. The molecule has 1 N–H and O–H groups in total. The fourth-order valence-corrected chi connectivity index (χ4v) is 3.40. The van der Waals surface area contributed by atoms with Crippen molar-refractivity contribution in [2.24, 2.45) is 0 Å². The van der Waals surface area contributed by atoms with Crippen molar-refractivity contribution in [3.8, 4) is 22.9 Å². The summed E-state index contributed by atoms with van der Waals surface area (Å²) in [4.78, 5) is 13.5. The van der Waals surface area contributed by atoms with E-state index >= 15 is 0 Å². The number of benzene rings is 2. The third-order valence-electron chi connectivity index (χ3n) is 4.77. The molecule has 0 saturated carbocycles. The van der Waals surface area contributed by atoms with Crippen LogP contribution in [0, 0.1) is 11.3 Å². The van der Waals surface area contributed by atoms with E-state index in [1.165, 1.54) is 0 Å². The van der Waals surface area contributed by atoms with E-state index < -0.39 is 0 Å². The molecule has 0 aliphatic carbocycles. The molecule has 0 bridgehead atoms. The molecule has 0 radical (unpaired) electrons. The minimum Gasteiger partial charge on any atom is -0.494 e. The van der Waals surface area contributed by atoms with Crippen molar-refractivity contribution in [3.63, 3.8) is 0 Å². The van der Waals surface area contributed by atoms with Crippen LogP contribution in [0.5, 0.6) is 5.75 Å². The van der Waals surface area contributed by atoms with Crippen molar-refractivity contribution in [1.29, 1.82) is 5.26 Å². The van der Waals surface area contributed by atoms with Crippen molar-refractivity contribution in [3.05, 3.63) is 54.1 Å². The number of nitrogens with one attached hydrogen (secondary N) is 1. The first-order valence-corrected chi connectivity index (χ1v) is 9.37. The lowest BCUT2D eigenvalue weighted by Crippen LogP contribution is -2.35. The highest BCUT2D eigenvalue weighted by atomic mass is 16.5. The van der Waals surface area contributed by atoms with Crippen LogP contribution in [0.15, 0.2) is 48.5 Å². The van der Waals surface area contributed by atoms with E-state index in [-0.39, 0.29) is 11.9 Å². The molecular weight excluding hydrogens is 338 g/mol. The van der Waals surface area contributed by atoms with Crippen LogP contribution in [0.25, 0.3) is 11.1 Å². The predicted octanol–water partition coefficient (Wildman–Crippen LogP) is 3.20. The van der Waals surface area contributed by atoms with Crippen LogP contribution in [0.1, 0.15) is 25.3 Å². The third-order valence-corrected chi connectivity index (χ3v) is 4.77. The minimum absolute atomic E-state index is 0.0506. The number of likely N-dealkylation sites (tertiary alicyclic amines) is 1. The summed E-state index contributed by atoms with van der Waals surface area (Å²) in [6.07, 6.45) is 1.99. The van der Waals surface area contributed by atoms with Gasteiger partial charge in [0.15, 0.2) is 0 Å². The molecule has 2 aromatic rings. The second-order valence-electron chi connectivity index (χ2n) is 6.90. The van der Waals surface area contributed by atoms with Gasteiger partial charge in [-0.1, -0.05) is 24.3 Å². The summed E-state index contributed by atoms with van der Waals surface area (Å²) in [5.74, 6) is 0.916. The summed E-state index contributed by atoms with van der Waals surface area (Å²) >= 11 is 0. The average molecular weight is 363 g/mol. The average Bonchev–Trinajstić information content (AvgIpc) is 3.12. The van der Waals surface area contributed by atoms with Gasteiger partial charge in [-0.3, -0.25) is 4.79 Å². The molecule has 1 heterocycles. The quantitative estimate of drug-likeness (QED) is 0.767. The Balaban J connectivity index is 1.40. The van der Waals surface area contributed by atoms with Gasteiger partial charge >= 0.3 is 0 Å². The standard InChI is InChI=1S/C22H25N3O2/c1-17(26)24-21-11-13-25(16-21)12-2-14-27-22-9-7-20(8-10-22)19-5-3-18(15-23)4-6-19/h3-10,21H,2,11-14,16H2,1H3,(H,24,26)/t21-/m1/s1. The van der Waals surface area contributed by atoms with Gasteiger partial charge in [0.05, 0.1) is 18.2 Å². The molecule has 1 atom stereocenters. The SMILES string of the molecule is CC(=O)N[C@@H]1CCN(CCCOc2ccc(-c3ccc(C#N)cc3)cc2)C1. The Kier molecular flexibility index (Phi) is 6.45. The fourth-order valence-electron chi connectivity index (χ4n) is 3.40. The van der Waals surface area contributed by atoms with Crippen molar-refractivity contribution in [1.82, 2.24) is 10.2 Å². The first-order valence-electron chi connectivity index (χ1n) is 9.37. The van der Waals surface area contributed by atoms with Gasteiger partial charge in [-0.05, 0) is 48.2 Å². The van der Waals surface area contributed by atoms with Crippen LogP contribution in [-0.4, -0.2) is 43.1 Å². The van der Waals surface area contributed by atoms with E-state index in [4.69, 9.17) is 10.00 Å². The van der Waals surface area contributed by atoms with Crippen molar-refractivity contribution in [2.45, 2.75) is 25.8 Å². The summed E-state index contributed by atoms with van der Waals surface area (Å²) in [6.45, 7) is 5.20. The molecule has 27 heavy (non-hydrogen) atoms. The third kappa shape index (κ3) is 5.57. The maximum atomic E-state index is 11.1. The van der Waals surface area contributed by atoms with Crippen molar-refractivity contribution in [2.75, 3.05) is 26.2 Å². The Bertz CT molecular complexity index is 794. The lowest BCUT2D eigenvalue weighted by molar-refractivity contribution is -0.119. The maximum Gasteiger partial charge on any atom is 0.217 e. The number of amides is 1. The molecule has 1 aliphatic rings. The molecule has 1 fully saturated rings. The zero-order valence-electron chi connectivity index (χ0n) is 15.6. The molecule has 140 valence electrons. The lowest BCUT2D eigenvalue weighted by atomic mass is 10.0. The van der Waals surface area contributed by atoms with E-state index in [2.05, 4.69) is 16.3 Å². The normalized spacial score (nSPS) is 16.7. The Morgan fingerprint density at radius 3 is 2.48 bits per heavy atom. The lowest BCUT2D eigenvalue weighted by Gasteiger charge is -2.16. The molecule has 0 spiro atoms. The second-order valence-corrected chi connectivity index (χ2v) is 6.90. The van der Waals surface area contributed by atoms with Crippen molar-refractivity contribution >= 4 is 5.91 Å². The van der Waals surface area contributed by atoms with Gasteiger partial charge in [0.25, 0.3) is 0 Å². The van der Waals surface area contributed by atoms with Gasteiger partial charge in [0.2, 0.25) is 5.91 Å². The molecule has 1 saturated heterocycles. The second kappa shape index (κ2) is 9.20. The molecule has 2 aromatic carbocycles. The molecule has 5 heteroatoms. The van der Waals surface area contributed by atoms with Gasteiger partial charge in [-0.2, -0.15) is 5.26 Å². The zero-order valence-corrected chi connectivity index (χ0v) is 15.6. The molecule has 1 amide bonds. The van der Waals surface area contributed by atoms with E-state index in [1.807, 2.05) is 48.5 Å². The largest absolute Gasteiger partial charge is 0.494 e. The highest BCUT2D eigenvalue weighted by Gasteiger charge is 2.22. The highest BCUT2D eigenvalue weighted by molar-refractivity contribution is 5.73. The number of nitriles is 1. The van der Waals surface area contributed by atoms with Crippen LogP contribution in [0.2, 0.25) is 0 Å². The molecular formula is C22H25N3O2. The summed E-state index contributed by atoms with van der Waals surface area (Å²) in [6, 6.07) is 18.0. The number of ether oxygens (including phenoxy) is 1. The summed E-state index contributed by atoms with van der Waals surface area (Å²) in [7, 11) is 0. The van der Waals surface area contributed by atoms with Crippen LogP contribution in [-0.2, 0) is 4.79 Å². The summed E-state index contributed by atoms with van der Waals surface area (Å²) in [5, 5.41) is 11.9. The summed E-state index contributed by atoms with van der Waals surface area (Å²) in [5.41, 5.74) is 2.86. The number of nitrogens with zero attached hydrogens (tertiary/aromatic N) is 2. The Labute approximate surface area is 160 Å². The van der Waals surface area contributed by atoms with Gasteiger partial charge in [-0.15, -0.1) is 0 Å². The number of carbonyl (C=O) groups is 1. The number of carbonyl (C=O) groups excluding carboxylic acids is 1. The maximum absolute atomic E-state index is 11.1. The molecule has 1 aliphatic heterocycles. The van der Waals surface area contributed by atoms with Crippen LogP contribution < -0.4 is 10.1 Å². The first-order chi connectivity index (χ1) is 13.1. The molecule has 0 aromatic heterocycles. The summed E-state index contributed by atoms with van der Waals surface area (Å²) < 4.78 is 5.85. The van der Waals surface area contributed by atoms with Crippen LogP contribution >= 0.6 is 0 Å². The molecule has 0 unspecified atom stereocenters. The molecule has 3 rings (SSSR count). The van der Waals surface area contributed by atoms with Gasteiger partial charge in [0, 0.05) is 32.6 Å². The fraction of sp³-hybridized carbons (Fsp3) is 0.364. The van der Waals surface area contributed by atoms with E-state index in [1.54, 1.807) is 6.92 Å². The van der Waals surface area contributed by atoms with E-state index in [0.717, 1.165) is 49.4 Å². The molecule has 5 nitrogen and oxygen atoms in total. The van der Waals surface area contributed by atoms with E-state index in [9.17, 15) is 4.79 Å². The smallest absolute Gasteiger partial charge is 0.217 e. The highest BCUT2D eigenvalue weighted by Crippen LogP contribution is 2.23. The topological polar surface area (TPSA) is 65.4 Å². The monoisotopic (exact) mass is 363 g/mol. The predicted molar refractivity (Wildman–Crippen MR) is 105 cm³/mol. The van der Waals surface area contributed by atoms with Crippen LogP contribution in [0.3, 0.4) is 0 Å². The van der Waals surface area contributed by atoms with Crippen molar-refractivity contribution < 1.29 is 9.53 Å².